The molecule has 1 aromatic carbocycles. The maximum atomic E-state index is 12.6. The minimum atomic E-state index is -0.947. The maximum absolute atomic E-state index is 12.6. The Labute approximate surface area is 156 Å². The molecule has 3 rings (SSSR count). The average Bonchev–Trinajstić information content (AvgIpc) is 2.83. The second kappa shape index (κ2) is 6.79. The lowest BCUT2D eigenvalue weighted by Gasteiger charge is -2.45. The van der Waals surface area contributed by atoms with Crippen molar-refractivity contribution in [1.29, 1.82) is 0 Å². The molecule has 2 heterocycles. The van der Waals surface area contributed by atoms with E-state index in [1.54, 1.807) is 35.0 Å². The molecule has 0 saturated carbocycles. The van der Waals surface area contributed by atoms with Crippen LogP contribution >= 0.6 is 11.6 Å². The van der Waals surface area contributed by atoms with Crippen LogP contribution in [0.15, 0.2) is 18.2 Å². The summed E-state index contributed by atoms with van der Waals surface area (Å²) in [7, 11) is 1.66. The van der Waals surface area contributed by atoms with Gasteiger partial charge in [-0.15, -0.1) is 0 Å². The highest BCUT2D eigenvalue weighted by molar-refractivity contribution is 6.30. The van der Waals surface area contributed by atoms with E-state index >= 15 is 0 Å². The van der Waals surface area contributed by atoms with Crippen molar-refractivity contribution in [2.24, 2.45) is 5.92 Å². The molecule has 0 aromatic heterocycles. The molecule has 0 bridgehead atoms. The van der Waals surface area contributed by atoms with Crippen molar-refractivity contribution in [1.82, 2.24) is 9.80 Å². The number of likely N-dealkylation sites (tertiary alicyclic amines) is 2. The molecule has 140 valence electrons. The van der Waals surface area contributed by atoms with E-state index in [0.717, 1.165) is 5.56 Å². The fraction of sp³-hybridized carbons (Fsp3) is 0.500. The molecule has 1 aromatic rings. The van der Waals surface area contributed by atoms with E-state index in [-0.39, 0.29) is 18.4 Å². The highest BCUT2D eigenvalue weighted by Crippen LogP contribution is 2.42. The number of hydrogen-bond acceptors (Lipinski definition) is 3. The summed E-state index contributed by atoms with van der Waals surface area (Å²) in [6.07, 6.45) is 0.945. The van der Waals surface area contributed by atoms with Crippen LogP contribution in [0.25, 0.3) is 0 Å². The zero-order chi connectivity index (χ0) is 19.1. The van der Waals surface area contributed by atoms with Crippen molar-refractivity contribution in [2.45, 2.75) is 31.7 Å². The molecule has 2 aliphatic rings. The highest BCUT2D eigenvalue weighted by Gasteiger charge is 2.55. The van der Waals surface area contributed by atoms with Crippen LogP contribution in [0.3, 0.4) is 0 Å². The fourth-order valence-electron chi connectivity index (χ4n) is 4.04. The second-order valence-electron chi connectivity index (χ2n) is 7.03. The molecule has 2 fully saturated rings. The van der Waals surface area contributed by atoms with Gasteiger partial charge in [0.25, 0.3) is 0 Å². The fourth-order valence-corrected chi connectivity index (χ4v) is 4.27. The summed E-state index contributed by atoms with van der Waals surface area (Å²) in [5, 5.41) is 13.0. The van der Waals surface area contributed by atoms with Gasteiger partial charge >= 0.3 is 12.0 Å². The molecule has 3 amide bonds. The SMILES string of the molecule is Cc1cc(Cl)ccc1NC(=O)N1CCC2(CC1)[C@@H](C(=O)O)CC(=O)N2C. The Balaban J connectivity index is 1.68. The number of aryl methyl sites for hydroxylation is 1. The number of amides is 3. The number of carboxylic acid groups (broad SMARTS) is 1. The van der Waals surface area contributed by atoms with Crippen LogP contribution in [0.4, 0.5) is 10.5 Å². The van der Waals surface area contributed by atoms with Crippen molar-refractivity contribution >= 4 is 35.2 Å². The molecular formula is C18H22ClN3O4. The van der Waals surface area contributed by atoms with Crippen LogP contribution in [0.2, 0.25) is 5.02 Å². The first-order valence-electron chi connectivity index (χ1n) is 8.56. The highest BCUT2D eigenvalue weighted by atomic mass is 35.5. The molecule has 1 atom stereocenters. The molecule has 26 heavy (non-hydrogen) atoms. The van der Waals surface area contributed by atoms with Gasteiger partial charge < -0.3 is 20.2 Å². The number of halogens is 1. The number of carboxylic acids is 1. The summed E-state index contributed by atoms with van der Waals surface area (Å²) in [6.45, 7) is 2.67. The third-order valence-electron chi connectivity index (χ3n) is 5.71. The van der Waals surface area contributed by atoms with E-state index in [2.05, 4.69) is 5.32 Å². The number of carbonyl (C=O) groups is 3. The molecule has 0 unspecified atom stereocenters. The van der Waals surface area contributed by atoms with Gasteiger partial charge in [-0.2, -0.15) is 0 Å². The first-order valence-corrected chi connectivity index (χ1v) is 8.94. The van der Waals surface area contributed by atoms with Gasteiger partial charge in [0.05, 0.1) is 11.5 Å². The van der Waals surface area contributed by atoms with Crippen LogP contribution in [0.5, 0.6) is 0 Å². The summed E-state index contributed by atoms with van der Waals surface area (Å²) in [6, 6.07) is 5.01. The number of aliphatic carboxylic acids is 1. The number of nitrogens with one attached hydrogen (secondary N) is 1. The largest absolute Gasteiger partial charge is 0.481 e. The molecule has 0 radical (unpaired) electrons. The van der Waals surface area contributed by atoms with Gasteiger partial charge in [-0.1, -0.05) is 11.6 Å². The van der Waals surface area contributed by atoms with Gasteiger partial charge in [-0.05, 0) is 43.5 Å². The first kappa shape index (κ1) is 18.5. The lowest BCUT2D eigenvalue weighted by atomic mass is 9.77. The van der Waals surface area contributed by atoms with E-state index in [0.29, 0.717) is 36.6 Å². The number of piperidine rings is 1. The Bertz CT molecular complexity index is 759. The lowest BCUT2D eigenvalue weighted by Crippen LogP contribution is -2.57. The Morgan fingerprint density at radius 2 is 1.96 bits per heavy atom. The minimum Gasteiger partial charge on any atom is -0.481 e. The van der Waals surface area contributed by atoms with E-state index in [1.807, 2.05) is 6.92 Å². The molecule has 8 heteroatoms. The lowest BCUT2D eigenvalue weighted by molar-refractivity contribution is -0.145. The van der Waals surface area contributed by atoms with Gasteiger partial charge in [0.2, 0.25) is 5.91 Å². The van der Waals surface area contributed by atoms with Crippen LogP contribution < -0.4 is 5.32 Å². The quantitative estimate of drug-likeness (QED) is 0.826. The van der Waals surface area contributed by atoms with Crippen LogP contribution in [-0.4, -0.2) is 58.5 Å². The number of anilines is 1. The summed E-state index contributed by atoms with van der Waals surface area (Å²) in [4.78, 5) is 39.4. The van der Waals surface area contributed by atoms with E-state index < -0.39 is 17.4 Å². The Morgan fingerprint density at radius 1 is 1.31 bits per heavy atom. The van der Waals surface area contributed by atoms with Crippen molar-refractivity contribution in [3.63, 3.8) is 0 Å². The molecule has 0 aliphatic carbocycles. The van der Waals surface area contributed by atoms with Crippen molar-refractivity contribution in [2.75, 3.05) is 25.5 Å². The summed E-state index contributed by atoms with van der Waals surface area (Å²) in [5.41, 5.74) is 0.859. The van der Waals surface area contributed by atoms with Crippen LogP contribution in [-0.2, 0) is 9.59 Å². The molecule has 2 aliphatic heterocycles. The number of urea groups is 1. The van der Waals surface area contributed by atoms with Gasteiger partial charge in [0.15, 0.2) is 0 Å². The molecule has 2 saturated heterocycles. The van der Waals surface area contributed by atoms with Gasteiger partial charge in [-0.3, -0.25) is 9.59 Å². The minimum absolute atomic E-state index is 0.0298. The zero-order valence-corrected chi connectivity index (χ0v) is 15.5. The van der Waals surface area contributed by atoms with Crippen molar-refractivity contribution in [3.05, 3.63) is 28.8 Å². The van der Waals surface area contributed by atoms with Gasteiger partial charge in [0, 0.05) is 37.3 Å². The third kappa shape index (κ3) is 3.11. The molecule has 2 N–H and O–H groups in total. The average molecular weight is 380 g/mol. The Kier molecular flexibility index (Phi) is 4.84. The first-order chi connectivity index (χ1) is 12.2. The second-order valence-corrected chi connectivity index (χ2v) is 7.46. The van der Waals surface area contributed by atoms with E-state index in [9.17, 15) is 19.5 Å². The van der Waals surface area contributed by atoms with E-state index in [4.69, 9.17) is 11.6 Å². The molecule has 1 spiro atoms. The number of carbonyl (C=O) groups excluding carboxylic acids is 2. The normalized spacial score (nSPS) is 22.0. The summed E-state index contributed by atoms with van der Waals surface area (Å²) in [5.74, 6) is -1.81. The number of nitrogens with zero attached hydrogens (tertiary/aromatic N) is 2. The van der Waals surface area contributed by atoms with Gasteiger partial charge in [-0.25, -0.2) is 4.79 Å². The zero-order valence-electron chi connectivity index (χ0n) is 14.8. The summed E-state index contributed by atoms with van der Waals surface area (Å²) < 4.78 is 0. The summed E-state index contributed by atoms with van der Waals surface area (Å²) >= 11 is 5.93. The predicted octanol–water partition coefficient (Wildman–Crippen LogP) is 2.58. The number of rotatable bonds is 2. The number of hydrogen-bond donors (Lipinski definition) is 2. The van der Waals surface area contributed by atoms with Crippen LogP contribution in [0, 0.1) is 12.8 Å². The van der Waals surface area contributed by atoms with Crippen molar-refractivity contribution in [3.8, 4) is 0 Å². The third-order valence-corrected chi connectivity index (χ3v) is 5.95. The molecular weight excluding hydrogens is 358 g/mol. The smallest absolute Gasteiger partial charge is 0.321 e. The monoisotopic (exact) mass is 379 g/mol. The van der Waals surface area contributed by atoms with Crippen LogP contribution in [0.1, 0.15) is 24.8 Å². The standard InChI is InChI=1S/C18H22ClN3O4/c1-11-9-12(19)3-4-14(11)20-17(26)22-7-5-18(6-8-22)13(16(24)25)10-15(23)21(18)2/h3-4,9,13H,5-8,10H2,1-2H3,(H,20,26)(H,24,25)/t13-/m1/s1. The Morgan fingerprint density at radius 3 is 2.54 bits per heavy atom. The number of benzene rings is 1. The topological polar surface area (TPSA) is 90.0 Å². The van der Waals surface area contributed by atoms with E-state index in [1.165, 1.54) is 0 Å². The molecule has 7 nitrogen and oxygen atoms in total. The predicted molar refractivity (Wildman–Crippen MR) is 97.3 cm³/mol. The van der Waals surface area contributed by atoms with Crippen molar-refractivity contribution < 1.29 is 19.5 Å². The van der Waals surface area contributed by atoms with Gasteiger partial charge in [0.1, 0.15) is 0 Å². The Hall–Kier alpha value is -2.28. The maximum Gasteiger partial charge on any atom is 0.321 e.